The first kappa shape index (κ1) is 22.9. The first-order valence-electron chi connectivity index (χ1n) is 8.90. The molecule has 0 aromatic heterocycles. The van der Waals surface area contributed by atoms with Crippen LogP contribution in [0.5, 0.6) is 0 Å². The molecule has 1 aliphatic heterocycles. The third kappa shape index (κ3) is 7.22. The van der Waals surface area contributed by atoms with E-state index in [0.717, 1.165) is 30.4 Å². The van der Waals surface area contributed by atoms with E-state index in [-0.39, 0.29) is 35.9 Å². The average Bonchev–Trinajstić information content (AvgIpc) is 3.10. The van der Waals surface area contributed by atoms with Crippen molar-refractivity contribution < 1.29 is 9.00 Å². The van der Waals surface area contributed by atoms with Gasteiger partial charge in [-0.15, -0.1) is 24.0 Å². The maximum atomic E-state index is 12.2. The van der Waals surface area contributed by atoms with Crippen LogP contribution in [0.15, 0.2) is 40.2 Å². The Hall–Kier alpha value is -1.16. The molecular weight excluding hydrogens is 463 g/mol. The number of benzene rings is 1. The highest BCUT2D eigenvalue weighted by atomic mass is 127. The van der Waals surface area contributed by atoms with Crippen molar-refractivity contribution in [2.24, 2.45) is 4.99 Å². The number of carbonyl (C=O) groups excluding carboxylic acids is 1. The molecule has 146 valence electrons. The molecule has 1 fully saturated rings. The van der Waals surface area contributed by atoms with Crippen LogP contribution in [0.1, 0.15) is 26.7 Å². The van der Waals surface area contributed by atoms with Gasteiger partial charge in [-0.05, 0) is 25.5 Å². The smallest absolute Gasteiger partial charge is 0.222 e. The van der Waals surface area contributed by atoms with E-state index in [0.29, 0.717) is 25.3 Å². The second-order valence-electron chi connectivity index (χ2n) is 5.95. The fourth-order valence-electron chi connectivity index (χ4n) is 2.77. The van der Waals surface area contributed by atoms with Crippen LogP contribution < -0.4 is 10.6 Å². The molecule has 1 heterocycles. The fourth-order valence-corrected chi connectivity index (χ4v) is 3.73. The summed E-state index contributed by atoms with van der Waals surface area (Å²) in [6.45, 7) is 6.66. The van der Waals surface area contributed by atoms with Crippen LogP contribution in [0.3, 0.4) is 0 Å². The summed E-state index contributed by atoms with van der Waals surface area (Å²) >= 11 is 0. The molecule has 6 nitrogen and oxygen atoms in total. The topological polar surface area (TPSA) is 73.8 Å². The van der Waals surface area contributed by atoms with Gasteiger partial charge in [0.15, 0.2) is 5.96 Å². The molecule has 26 heavy (non-hydrogen) atoms. The summed E-state index contributed by atoms with van der Waals surface area (Å²) in [6.07, 6.45) is 1.47. The van der Waals surface area contributed by atoms with Crippen molar-refractivity contribution in [1.82, 2.24) is 15.5 Å². The molecule has 2 N–H and O–H groups in total. The lowest BCUT2D eigenvalue weighted by Crippen LogP contribution is -2.45. The Balaban J connectivity index is 0.00000338. The van der Waals surface area contributed by atoms with E-state index in [1.807, 2.05) is 49.1 Å². The lowest BCUT2D eigenvalue weighted by Gasteiger charge is -2.18. The predicted octanol–water partition coefficient (Wildman–Crippen LogP) is 1.98. The van der Waals surface area contributed by atoms with Crippen molar-refractivity contribution in [3.05, 3.63) is 30.3 Å². The van der Waals surface area contributed by atoms with Gasteiger partial charge in [0.25, 0.3) is 0 Å². The number of amides is 1. The van der Waals surface area contributed by atoms with Gasteiger partial charge in [0.05, 0.1) is 17.3 Å². The summed E-state index contributed by atoms with van der Waals surface area (Å²) < 4.78 is 12.2. The number of hydrogen-bond acceptors (Lipinski definition) is 3. The normalized spacial score (nSPS) is 18.2. The van der Waals surface area contributed by atoms with E-state index in [9.17, 15) is 9.00 Å². The minimum Gasteiger partial charge on any atom is -0.357 e. The zero-order chi connectivity index (χ0) is 18.1. The molecule has 0 aliphatic carbocycles. The fraction of sp³-hybridized carbons (Fsp3) is 0.556. The van der Waals surface area contributed by atoms with Crippen LogP contribution in [0.4, 0.5) is 0 Å². The molecule has 8 heteroatoms. The number of nitrogens with zero attached hydrogens (tertiary/aromatic N) is 2. The molecular formula is C18H29IN4O2S. The van der Waals surface area contributed by atoms with Gasteiger partial charge in [-0.1, -0.05) is 25.1 Å². The third-order valence-corrected chi connectivity index (χ3v) is 5.43. The minimum atomic E-state index is -1.04. The number of guanidine groups is 1. The summed E-state index contributed by atoms with van der Waals surface area (Å²) in [5.41, 5.74) is 0. The van der Waals surface area contributed by atoms with Crippen molar-refractivity contribution in [1.29, 1.82) is 0 Å². The van der Waals surface area contributed by atoms with E-state index in [2.05, 4.69) is 15.6 Å². The van der Waals surface area contributed by atoms with Gasteiger partial charge in [0, 0.05) is 42.7 Å². The minimum absolute atomic E-state index is 0. The van der Waals surface area contributed by atoms with E-state index in [1.54, 1.807) is 0 Å². The van der Waals surface area contributed by atoms with Crippen LogP contribution in [0.25, 0.3) is 0 Å². The zero-order valence-corrected chi connectivity index (χ0v) is 18.6. The predicted molar refractivity (Wildman–Crippen MR) is 118 cm³/mol. The van der Waals surface area contributed by atoms with Crippen LogP contribution in [0.2, 0.25) is 0 Å². The molecule has 1 saturated heterocycles. The summed E-state index contributed by atoms with van der Waals surface area (Å²) in [5.74, 6) is 1.42. The van der Waals surface area contributed by atoms with Gasteiger partial charge in [0.2, 0.25) is 5.91 Å². The molecule has 0 saturated carbocycles. The quantitative estimate of drug-likeness (QED) is 0.347. The summed E-state index contributed by atoms with van der Waals surface area (Å²) in [4.78, 5) is 19.0. The second kappa shape index (κ2) is 12.3. The number of halogens is 1. The van der Waals surface area contributed by atoms with E-state index < -0.39 is 10.8 Å². The summed E-state index contributed by atoms with van der Waals surface area (Å²) in [6, 6.07) is 9.67. The summed E-state index contributed by atoms with van der Waals surface area (Å²) in [5, 5.41) is 6.60. The van der Waals surface area contributed by atoms with Crippen LogP contribution in [0, 0.1) is 0 Å². The highest BCUT2D eigenvalue weighted by molar-refractivity contribution is 14.0. The van der Waals surface area contributed by atoms with Crippen LogP contribution in [-0.2, 0) is 15.6 Å². The van der Waals surface area contributed by atoms with Crippen molar-refractivity contribution in [3.8, 4) is 0 Å². The monoisotopic (exact) mass is 492 g/mol. The number of nitrogens with one attached hydrogen (secondary N) is 2. The number of carbonyl (C=O) groups is 1. The molecule has 2 unspecified atom stereocenters. The number of likely N-dealkylation sites (tertiary alicyclic amines) is 1. The van der Waals surface area contributed by atoms with Crippen molar-refractivity contribution in [2.75, 3.05) is 31.9 Å². The van der Waals surface area contributed by atoms with Gasteiger partial charge in [-0.25, -0.2) is 0 Å². The summed E-state index contributed by atoms with van der Waals surface area (Å²) in [7, 11) is -1.04. The third-order valence-electron chi connectivity index (χ3n) is 4.08. The molecule has 1 aromatic rings. The van der Waals surface area contributed by atoms with Gasteiger partial charge in [0.1, 0.15) is 0 Å². The lowest BCUT2D eigenvalue weighted by molar-refractivity contribution is -0.129. The molecule has 1 aliphatic rings. The zero-order valence-electron chi connectivity index (χ0n) is 15.4. The first-order chi connectivity index (χ1) is 12.1. The molecule has 0 radical (unpaired) electrons. The maximum absolute atomic E-state index is 12.2. The molecule has 0 spiro atoms. The van der Waals surface area contributed by atoms with E-state index in [1.165, 1.54) is 0 Å². The van der Waals surface area contributed by atoms with Crippen molar-refractivity contribution >= 4 is 46.6 Å². The van der Waals surface area contributed by atoms with Gasteiger partial charge in [-0.2, -0.15) is 0 Å². The SMILES string of the molecule is CCNC(=NCCS(=O)c1ccccc1)NC1CCN(C(=O)CC)C1.I. The largest absolute Gasteiger partial charge is 0.357 e. The molecule has 1 amide bonds. The Kier molecular flexibility index (Phi) is 10.8. The maximum Gasteiger partial charge on any atom is 0.222 e. The van der Waals surface area contributed by atoms with Gasteiger partial charge < -0.3 is 15.5 Å². The van der Waals surface area contributed by atoms with Crippen LogP contribution in [-0.4, -0.2) is 58.9 Å². The van der Waals surface area contributed by atoms with Crippen LogP contribution >= 0.6 is 24.0 Å². The number of aliphatic imine (C=N–C) groups is 1. The lowest BCUT2D eigenvalue weighted by atomic mass is 10.3. The first-order valence-corrected chi connectivity index (χ1v) is 10.2. The van der Waals surface area contributed by atoms with E-state index >= 15 is 0 Å². The Morgan fingerprint density at radius 2 is 2.04 bits per heavy atom. The number of hydrogen-bond donors (Lipinski definition) is 2. The van der Waals surface area contributed by atoms with Gasteiger partial charge >= 0.3 is 0 Å². The van der Waals surface area contributed by atoms with Crippen molar-refractivity contribution in [3.63, 3.8) is 0 Å². The van der Waals surface area contributed by atoms with E-state index in [4.69, 9.17) is 0 Å². The highest BCUT2D eigenvalue weighted by Gasteiger charge is 2.25. The average molecular weight is 492 g/mol. The standard InChI is InChI=1S/C18H28N4O2S.HI/c1-3-17(23)22-12-10-15(14-22)21-18(19-4-2)20-11-13-25(24)16-8-6-5-7-9-16;/h5-9,15H,3-4,10-14H2,1-2H3,(H2,19,20,21);1H. The Morgan fingerprint density at radius 1 is 1.31 bits per heavy atom. The number of rotatable bonds is 7. The Labute approximate surface area is 175 Å². The highest BCUT2D eigenvalue weighted by Crippen LogP contribution is 2.10. The van der Waals surface area contributed by atoms with Crippen molar-refractivity contribution in [2.45, 2.75) is 37.6 Å². The second-order valence-corrected chi connectivity index (χ2v) is 7.52. The molecule has 0 bridgehead atoms. The Bertz CT molecular complexity index is 612. The molecule has 1 aromatic carbocycles. The van der Waals surface area contributed by atoms with Gasteiger partial charge in [-0.3, -0.25) is 14.0 Å². The molecule has 2 atom stereocenters. The molecule has 2 rings (SSSR count). The Morgan fingerprint density at radius 3 is 2.69 bits per heavy atom.